The van der Waals surface area contributed by atoms with Crippen molar-refractivity contribution in [1.29, 1.82) is 0 Å². The first-order valence-electron chi connectivity index (χ1n) is 5.08. The van der Waals surface area contributed by atoms with Crippen LogP contribution in [0.1, 0.15) is 17.0 Å². The lowest BCUT2D eigenvalue weighted by atomic mass is 9.91. The number of benzene rings is 2. The van der Waals surface area contributed by atoms with Gasteiger partial charge in [0.25, 0.3) is 0 Å². The zero-order valence-electron chi connectivity index (χ0n) is 8.83. The molecule has 0 saturated carbocycles. The third kappa shape index (κ3) is 2.67. The van der Waals surface area contributed by atoms with Gasteiger partial charge in [0.2, 0.25) is 0 Å². The van der Waals surface area contributed by atoms with Crippen molar-refractivity contribution in [1.82, 2.24) is 0 Å². The SMILES string of the molecule is FC(F)(F)C(c1cc[c]cc1)c1cc[c]cc1. The van der Waals surface area contributed by atoms with Crippen LogP contribution in [0.25, 0.3) is 0 Å². The molecule has 3 heteroatoms. The molecule has 0 N–H and O–H groups in total. The minimum Gasteiger partial charge on any atom is -0.170 e. The zero-order valence-corrected chi connectivity index (χ0v) is 8.83. The molecule has 0 fully saturated rings. The number of hydrogen-bond acceptors (Lipinski definition) is 0. The number of halogens is 3. The maximum atomic E-state index is 13.1. The Balaban J connectivity index is 2.48. The second-order valence-corrected chi connectivity index (χ2v) is 3.64. The molecule has 0 atom stereocenters. The topological polar surface area (TPSA) is 0 Å². The second-order valence-electron chi connectivity index (χ2n) is 3.64. The van der Waals surface area contributed by atoms with E-state index < -0.39 is 12.1 Å². The Hall–Kier alpha value is -1.77. The summed E-state index contributed by atoms with van der Waals surface area (Å²) in [6.45, 7) is 0. The van der Waals surface area contributed by atoms with Crippen molar-refractivity contribution in [3.05, 3.63) is 71.8 Å². The van der Waals surface area contributed by atoms with Gasteiger partial charge in [0.05, 0.1) is 0 Å². The van der Waals surface area contributed by atoms with Crippen LogP contribution >= 0.6 is 0 Å². The van der Waals surface area contributed by atoms with Gasteiger partial charge < -0.3 is 0 Å². The summed E-state index contributed by atoms with van der Waals surface area (Å²) in [5.74, 6) is -1.59. The Bertz CT molecular complexity index is 420. The largest absolute Gasteiger partial charge is 0.399 e. The Labute approximate surface area is 97.7 Å². The number of hydrogen-bond donors (Lipinski definition) is 0. The highest BCUT2D eigenvalue weighted by atomic mass is 19.4. The Kier molecular flexibility index (Phi) is 3.18. The Morgan fingerprint density at radius 1 is 0.765 bits per heavy atom. The predicted molar refractivity (Wildman–Crippen MR) is 58.5 cm³/mol. The molecule has 0 unspecified atom stereocenters. The molecule has 0 aliphatic rings. The summed E-state index contributed by atoms with van der Waals surface area (Å²) in [6, 6.07) is 17.1. The van der Waals surface area contributed by atoms with Crippen LogP contribution in [-0.2, 0) is 0 Å². The van der Waals surface area contributed by atoms with Crippen molar-refractivity contribution in [2.45, 2.75) is 12.1 Å². The van der Waals surface area contributed by atoms with E-state index in [1.165, 1.54) is 48.5 Å². The van der Waals surface area contributed by atoms with Crippen LogP contribution in [0.2, 0.25) is 0 Å². The maximum Gasteiger partial charge on any atom is 0.399 e. The van der Waals surface area contributed by atoms with Crippen molar-refractivity contribution < 1.29 is 13.2 Å². The van der Waals surface area contributed by atoms with Crippen molar-refractivity contribution in [2.75, 3.05) is 0 Å². The summed E-state index contributed by atoms with van der Waals surface area (Å²) >= 11 is 0. The van der Waals surface area contributed by atoms with Gasteiger partial charge in [-0.3, -0.25) is 0 Å². The average molecular weight is 234 g/mol. The van der Waals surface area contributed by atoms with Crippen LogP contribution in [0, 0.1) is 12.1 Å². The van der Waals surface area contributed by atoms with Crippen LogP contribution in [0.4, 0.5) is 13.2 Å². The third-order valence-electron chi connectivity index (χ3n) is 2.48. The van der Waals surface area contributed by atoms with Crippen molar-refractivity contribution >= 4 is 0 Å². The van der Waals surface area contributed by atoms with Gasteiger partial charge in [-0.25, -0.2) is 0 Å². The van der Waals surface area contributed by atoms with Crippen LogP contribution in [-0.4, -0.2) is 6.18 Å². The van der Waals surface area contributed by atoms with E-state index in [0.29, 0.717) is 0 Å². The third-order valence-corrected chi connectivity index (χ3v) is 2.48. The summed E-state index contributed by atoms with van der Waals surface area (Å²) in [5.41, 5.74) is 0.449. The van der Waals surface area contributed by atoms with Crippen LogP contribution in [0.15, 0.2) is 48.5 Å². The fraction of sp³-hybridized carbons (Fsp3) is 0.143. The Morgan fingerprint density at radius 3 is 1.41 bits per heavy atom. The minimum absolute atomic E-state index is 0.224. The van der Waals surface area contributed by atoms with Crippen LogP contribution < -0.4 is 0 Å². The highest BCUT2D eigenvalue weighted by Crippen LogP contribution is 2.39. The zero-order chi connectivity index (χ0) is 12.3. The quantitative estimate of drug-likeness (QED) is 0.737. The first-order chi connectivity index (χ1) is 8.09. The van der Waals surface area contributed by atoms with Gasteiger partial charge in [-0.15, -0.1) is 0 Å². The fourth-order valence-corrected chi connectivity index (χ4v) is 1.75. The highest BCUT2D eigenvalue weighted by molar-refractivity contribution is 5.33. The molecule has 17 heavy (non-hydrogen) atoms. The van der Waals surface area contributed by atoms with Gasteiger partial charge in [-0.05, 0) is 23.3 Å². The number of rotatable bonds is 2. The van der Waals surface area contributed by atoms with E-state index in [0.717, 1.165) is 0 Å². The fourth-order valence-electron chi connectivity index (χ4n) is 1.75. The first-order valence-corrected chi connectivity index (χ1v) is 5.08. The lowest BCUT2D eigenvalue weighted by Crippen LogP contribution is -2.21. The van der Waals surface area contributed by atoms with E-state index in [4.69, 9.17) is 0 Å². The molecule has 0 amide bonds. The maximum absolute atomic E-state index is 13.1. The smallest absolute Gasteiger partial charge is 0.170 e. The lowest BCUT2D eigenvalue weighted by molar-refractivity contribution is -0.141. The molecule has 86 valence electrons. The molecule has 2 aromatic rings. The van der Waals surface area contributed by atoms with Crippen molar-refractivity contribution in [2.24, 2.45) is 0 Å². The standard InChI is InChI=1S/C14H9F3/c15-14(16,17)13(11-7-3-1-4-8-11)12-9-5-2-6-10-12/h3-10,13H. The Morgan fingerprint density at radius 2 is 1.12 bits per heavy atom. The summed E-state index contributed by atoms with van der Waals surface area (Å²) in [6.07, 6.45) is -4.30. The first kappa shape index (κ1) is 11.7. The minimum atomic E-state index is -4.30. The molecule has 2 radical (unpaired) electrons. The summed E-state index contributed by atoms with van der Waals surface area (Å²) in [5, 5.41) is 0. The average Bonchev–Trinajstić information content (AvgIpc) is 2.30. The molecule has 0 aliphatic heterocycles. The molecule has 0 aromatic heterocycles. The van der Waals surface area contributed by atoms with Gasteiger partial charge in [0.1, 0.15) is 5.92 Å². The summed E-state index contributed by atoms with van der Waals surface area (Å²) in [4.78, 5) is 0. The predicted octanol–water partition coefficient (Wildman–Crippen LogP) is 3.98. The molecular weight excluding hydrogens is 225 g/mol. The molecule has 2 rings (SSSR count). The highest BCUT2D eigenvalue weighted by Gasteiger charge is 2.41. The van der Waals surface area contributed by atoms with E-state index in [1.807, 2.05) is 0 Å². The van der Waals surface area contributed by atoms with Gasteiger partial charge in [0, 0.05) is 0 Å². The van der Waals surface area contributed by atoms with Gasteiger partial charge in [-0.1, -0.05) is 48.5 Å². The van der Waals surface area contributed by atoms with E-state index in [2.05, 4.69) is 12.1 Å². The molecule has 0 spiro atoms. The second kappa shape index (κ2) is 4.62. The number of alkyl halides is 3. The molecular formula is C14H9F3. The van der Waals surface area contributed by atoms with Crippen molar-refractivity contribution in [3.63, 3.8) is 0 Å². The van der Waals surface area contributed by atoms with Crippen LogP contribution in [0.5, 0.6) is 0 Å². The molecule has 0 aliphatic carbocycles. The molecule has 0 bridgehead atoms. The van der Waals surface area contributed by atoms with Crippen molar-refractivity contribution in [3.8, 4) is 0 Å². The lowest BCUT2D eigenvalue weighted by Gasteiger charge is -2.21. The molecule has 0 heterocycles. The van der Waals surface area contributed by atoms with Gasteiger partial charge >= 0.3 is 6.18 Å². The van der Waals surface area contributed by atoms with Gasteiger partial charge in [0.15, 0.2) is 0 Å². The molecule has 0 saturated heterocycles. The monoisotopic (exact) mass is 234 g/mol. The molecule has 2 aromatic carbocycles. The summed E-state index contributed by atoms with van der Waals surface area (Å²) < 4.78 is 39.2. The van der Waals surface area contributed by atoms with E-state index in [-0.39, 0.29) is 11.1 Å². The summed E-state index contributed by atoms with van der Waals surface area (Å²) in [7, 11) is 0. The van der Waals surface area contributed by atoms with E-state index >= 15 is 0 Å². The van der Waals surface area contributed by atoms with E-state index in [9.17, 15) is 13.2 Å². The van der Waals surface area contributed by atoms with Crippen LogP contribution in [0.3, 0.4) is 0 Å². The van der Waals surface area contributed by atoms with E-state index in [1.54, 1.807) is 0 Å². The normalized spacial score (nSPS) is 11.8. The van der Waals surface area contributed by atoms with Gasteiger partial charge in [-0.2, -0.15) is 13.2 Å². The molecule has 0 nitrogen and oxygen atoms in total.